The van der Waals surface area contributed by atoms with Crippen LogP contribution in [0.15, 0.2) is 53.3 Å². The molecule has 0 unspecified atom stereocenters. The Bertz CT molecular complexity index is 1130. The van der Waals surface area contributed by atoms with Crippen molar-refractivity contribution in [2.75, 3.05) is 13.1 Å². The number of para-hydroxylation sites is 1. The van der Waals surface area contributed by atoms with E-state index in [0.717, 1.165) is 18.6 Å². The maximum atomic E-state index is 14.2. The molecule has 7 nitrogen and oxygen atoms in total. The number of hydrogen-bond acceptors (Lipinski definition) is 4. The van der Waals surface area contributed by atoms with Crippen LogP contribution in [-0.2, 0) is 6.42 Å². The second-order valence-corrected chi connectivity index (χ2v) is 8.36. The summed E-state index contributed by atoms with van der Waals surface area (Å²) in [5, 5.41) is 6.56. The van der Waals surface area contributed by atoms with Crippen LogP contribution in [0, 0.1) is 11.7 Å². The zero-order chi connectivity index (χ0) is 22.7. The second-order valence-electron chi connectivity index (χ2n) is 8.36. The van der Waals surface area contributed by atoms with Gasteiger partial charge < -0.3 is 9.64 Å². The van der Waals surface area contributed by atoms with Crippen molar-refractivity contribution in [2.45, 2.75) is 39.2 Å². The molecule has 0 spiro atoms. The van der Waals surface area contributed by atoms with Crippen molar-refractivity contribution >= 4 is 5.91 Å². The summed E-state index contributed by atoms with van der Waals surface area (Å²) in [6, 6.07) is 13.4. The molecule has 168 valence electrons. The standard InChI is InChI=1S/C24H27FN4O3/c1-16(2)32-19-9-7-18(8-10-19)23(30)28-13-11-17(12-14-28)15-22-26-27-24(31)29(22)21-6-4-3-5-20(21)25/h3-10,16-17H,11-15H2,1-2H3,(H,27,31). The highest BCUT2D eigenvalue weighted by Gasteiger charge is 2.26. The van der Waals surface area contributed by atoms with Gasteiger partial charge in [-0.1, -0.05) is 12.1 Å². The molecule has 1 N–H and O–H groups in total. The number of aromatic amines is 1. The Hall–Kier alpha value is -3.42. The first kappa shape index (κ1) is 21.8. The van der Waals surface area contributed by atoms with Crippen LogP contribution in [0.5, 0.6) is 5.75 Å². The number of carbonyl (C=O) groups excluding carboxylic acids is 1. The molecule has 2 aromatic carbocycles. The maximum absolute atomic E-state index is 14.2. The Morgan fingerprint density at radius 1 is 1.16 bits per heavy atom. The molecule has 32 heavy (non-hydrogen) atoms. The van der Waals surface area contributed by atoms with Crippen molar-refractivity contribution in [3.05, 3.63) is 76.2 Å². The molecule has 4 rings (SSSR count). The number of ether oxygens (including phenoxy) is 1. The van der Waals surface area contributed by atoms with Gasteiger partial charge in [-0.05, 0) is 69.0 Å². The van der Waals surface area contributed by atoms with Crippen molar-refractivity contribution in [3.63, 3.8) is 0 Å². The van der Waals surface area contributed by atoms with Gasteiger partial charge in [0, 0.05) is 25.1 Å². The van der Waals surface area contributed by atoms with E-state index in [9.17, 15) is 14.0 Å². The van der Waals surface area contributed by atoms with Crippen LogP contribution in [-0.4, -0.2) is 44.8 Å². The van der Waals surface area contributed by atoms with E-state index in [1.165, 1.54) is 10.6 Å². The van der Waals surface area contributed by atoms with Crippen molar-refractivity contribution in [1.29, 1.82) is 0 Å². The van der Waals surface area contributed by atoms with Crippen molar-refractivity contribution in [1.82, 2.24) is 19.7 Å². The third kappa shape index (κ3) is 4.74. The van der Waals surface area contributed by atoms with Gasteiger partial charge in [-0.25, -0.2) is 18.9 Å². The lowest BCUT2D eigenvalue weighted by Gasteiger charge is -2.32. The SMILES string of the molecule is CC(C)Oc1ccc(C(=O)N2CCC(Cc3n[nH]c(=O)n3-c3ccccc3F)CC2)cc1. The molecule has 1 fully saturated rings. The quantitative estimate of drug-likeness (QED) is 0.638. The summed E-state index contributed by atoms with van der Waals surface area (Å²) in [5.41, 5.74) is 0.376. The van der Waals surface area contributed by atoms with Crippen molar-refractivity contribution in [2.24, 2.45) is 5.92 Å². The molecule has 1 saturated heterocycles. The lowest BCUT2D eigenvalue weighted by Crippen LogP contribution is -2.39. The zero-order valence-corrected chi connectivity index (χ0v) is 18.3. The van der Waals surface area contributed by atoms with Crippen LogP contribution < -0.4 is 10.4 Å². The molecule has 0 aliphatic carbocycles. The molecule has 0 saturated carbocycles. The molecule has 1 aromatic heterocycles. The molecule has 0 atom stereocenters. The molecule has 3 aromatic rings. The first-order valence-corrected chi connectivity index (χ1v) is 10.9. The normalized spacial score (nSPS) is 14.7. The molecule has 2 heterocycles. The lowest BCUT2D eigenvalue weighted by molar-refractivity contribution is 0.0689. The first-order chi connectivity index (χ1) is 15.4. The van der Waals surface area contributed by atoms with E-state index >= 15 is 0 Å². The van der Waals surface area contributed by atoms with Gasteiger partial charge in [0.25, 0.3) is 5.91 Å². The molecule has 8 heteroatoms. The number of amides is 1. The summed E-state index contributed by atoms with van der Waals surface area (Å²) >= 11 is 0. The van der Waals surface area contributed by atoms with Gasteiger partial charge in [0.1, 0.15) is 17.4 Å². The van der Waals surface area contributed by atoms with Crippen molar-refractivity contribution < 1.29 is 13.9 Å². The Kier molecular flexibility index (Phi) is 6.39. The third-order valence-electron chi connectivity index (χ3n) is 5.68. The number of likely N-dealkylation sites (tertiary alicyclic amines) is 1. The number of rotatable bonds is 6. The van der Waals surface area contributed by atoms with Crippen LogP contribution in [0.3, 0.4) is 0 Å². The minimum atomic E-state index is -0.470. The zero-order valence-electron chi connectivity index (χ0n) is 18.3. The Balaban J connectivity index is 1.38. The predicted molar refractivity (Wildman–Crippen MR) is 119 cm³/mol. The third-order valence-corrected chi connectivity index (χ3v) is 5.68. The summed E-state index contributed by atoms with van der Waals surface area (Å²) < 4.78 is 21.2. The van der Waals surface area contributed by atoms with Gasteiger partial charge in [0.05, 0.1) is 11.8 Å². The van der Waals surface area contributed by atoms with E-state index in [0.29, 0.717) is 30.9 Å². The van der Waals surface area contributed by atoms with Crippen LogP contribution in [0.2, 0.25) is 0 Å². The van der Waals surface area contributed by atoms with E-state index < -0.39 is 11.5 Å². The first-order valence-electron chi connectivity index (χ1n) is 10.9. The number of nitrogens with zero attached hydrogens (tertiary/aromatic N) is 3. The maximum Gasteiger partial charge on any atom is 0.348 e. The van der Waals surface area contributed by atoms with E-state index in [-0.39, 0.29) is 23.6 Å². The van der Waals surface area contributed by atoms with E-state index in [4.69, 9.17) is 4.74 Å². The van der Waals surface area contributed by atoms with Gasteiger partial charge in [0.15, 0.2) is 0 Å². The fourth-order valence-electron chi connectivity index (χ4n) is 4.08. The van der Waals surface area contributed by atoms with Gasteiger partial charge in [-0.3, -0.25) is 4.79 Å². The Morgan fingerprint density at radius 2 is 1.84 bits per heavy atom. The number of benzene rings is 2. The number of piperidine rings is 1. The average molecular weight is 439 g/mol. The highest BCUT2D eigenvalue weighted by atomic mass is 19.1. The number of hydrogen-bond donors (Lipinski definition) is 1. The minimum absolute atomic E-state index is 0.00239. The smallest absolute Gasteiger partial charge is 0.348 e. The summed E-state index contributed by atoms with van der Waals surface area (Å²) in [6.45, 7) is 5.17. The van der Waals surface area contributed by atoms with Gasteiger partial charge >= 0.3 is 5.69 Å². The van der Waals surface area contributed by atoms with Crippen molar-refractivity contribution in [3.8, 4) is 11.4 Å². The van der Waals surface area contributed by atoms with Gasteiger partial charge in [-0.15, -0.1) is 0 Å². The largest absolute Gasteiger partial charge is 0.491 e. The summed E-state index contributed by atoms with van der Waals surface area (Å²) in [6.07, 6.45) is 2.20. The van der Waals surface area contributed by atoms with Crippen LogP contribution in [0.4, 0.5) is 4.39 Å². The average Bonchev–Trinajstić information content (AvgIpc) is 3.14. The molecule has 1 aliphatic heterocycles. The monoisotopic (exact) mass is 438 g/mol. The summed E-state index contributed by atoms with van der Waals surface area (Å²) in [7, 11) is 0. The highest BCUT2D eigenvalue weighted by Crippen LogP contribution is 2.24. The van der Waals surface area contributed by atoms with E-state index in [1.54, 1.807) is 30.3 Å². The number of H-pyrrole nitrogens is 1. The molecule has 0 radical (unpaired) electrons. The Morgan fingerprint density at radius 3 is 2.50 bits per heavy atom. The second kappa shape index (κ2) is 9.38. The van der Waals surface area contributed by atoms with E-state index in [1.807, 2.05) is 30.9 Å². The topological polar surface area (TPSA) is 80.2 Å². The summed E-state index contributed by atoms with van der Waals surface area (Å²) in [4.78, 5) is 26.9. The number of carbonyl (C=O) groups is 1. The fraction of sp³-hybridized carbons (Fsp3) is 0.375. The van der Waals surface area contributed by atoms with Crippen LogP contribution in [0.1, 0.15) is 42.9 Å². The molecular weight excluding hydrogens is 411 g/mol. The van der Waals surface area contributed by atoms with Gasteiger partial charge in [0.2, 0.25) is 0 Å². The van der Waals surface area contributed by atoms with E-state index in [2.05, 4.69) is 10.2 Å². The summed E-state index contributed by atoms with van der Waals surface area (Å²) in [5.74, 6) is 1.03. The molecular formula is C24H27FN4O3. The van der Waals surface area contributed by atoms with Gasteiger partial charge in [-0.2, -0.15) is 5.10 Å². The number of halogens is 1. The lowest BCUT2D eigenvalue weighted by atomic mass is 9.92. The minimum Gasteiger partial charge on any atom is -0.491 e. The highest BCUT2D eigenvalue weighted by molar-refractivity contribution is 5.94. The van der Waals surface area contributed by atoms with Crippen LogP contribution >= 0.6 is 0 Å². The molecule has 1 amide bonds. The predicted octanol–water partition coefficient (Wildman–Crippen LogP) is 3.58. The fourth-order valence-corrected chi connectivity index (χ4v) is 4.08. The van der Waals surface area contributed by atoms with Crippen LogP contribution in [0.25, 0.3) is 5.69 Å². The molecule has 0 bridgehead atoms. The molecule has 1 aliphatic rings. The number of nitrogens with one attached hydrogen (secondary N) is 1. The number of aromatic nitrogens is 3. The Labute approximate surface area is 185 Å².